The molecular formula is C14H17NO3. The van der Waals surface area contributed by atoms with Gasteiger partial charge in [-0.25, -0.2) is 0 Å². The van der Waals surface area contributed by atoms with Crippen molar-refractivity contribution in [1.29, 1.82) is 0 Å². The van der Waals surface area contributed by atoms with Gasteiger partial charge >= 0.3 is 0 Å². The van der Waals surface area contributed by atoms with Gasteiger partial charge in [0.25, 0.3) is 0 Å². The van der Waals surface area contributed by atoms with E-state index in [1.807, 2.05) is 19.1 Å². The molecule has 18 heavy (non-hydrogen) atoms. The summed E-state index contributed by atoms with van der Waals surface area (Å²) >= 11 is 0. The average molecular weight is 247 g/mol. The minimum atomic E-state index is -0.0483. The fourth-order valence-corrected chi connectivity index (χ4v) is 2.59. The number of ether oxygens (including phenoxy) is 2. The van der Waals surface area contributed by atoms with E-state index in [-0.39, 0.29) is 18.6 Å². The molecular weight excluding hydrogens is 230 g/mol. The summed E-state index contributed by atoms with van der Waals surface area (Å²) in [5.41, 5.74) is 0.707. The van der Waals surface area contributed by atoms with Crippen molar-refractivity contribution in [2.45, 2.75) is 25.8 Å². The molecule has 0 amide bonds. The van der Waals surface area contributed by atoms with E-state index < -0.39 is 0 Å². The fraction of sp³-hybridized carbons (Fsp3) is 0.500. The van der Waals surface area contributed by atoms with E-state index in [9.17, 15) is 4.79 Å². The number of likely N-dealkylation sites (tertiary alicyclic amines) is 1. The van der Waals surface area contributed by atoms with Crippen molar-refractivity contribution in [1.82, 2.24) is 4.90 Å². The number of rotatable bonds is 3. The Morgan fingerprint density at radius 2 is 1.94 bits per heavy atom. The van der Waals surface area contributed by atoms with E-state index in [1.165, 1.54) is 12.8 Å². The number of carbonyl (C=O) groups is 1. The van der Waals surface area contributed by atoms with Gasteiger partial charge in [-0.1, -0.05) is 0 Å². The van der Waals surface area contributed by atoms with E-state index in [4.69, 9.17) is 9.47 Å². The highest BCUT2D eigenvalue weighted by molar-refractivity contribution is 6.00. The van der Waals surface area contributed by atoms with E-state index in [2.05, 4.69) is 4.90 Å². The van der Waals surface area contributed by atoms with Gasteiger partial charge in [0.15, 0.2) is 17.3 Å². The lowest BCUT2D eigenvalue weighted by molar-refractivity contribution is 0.0866. The Kier molecular flexibility index (Phi) is 2.96. The van der Waals surface area contributed by atoms with Crippen LogP contribution in [0.1, 0.15) is 30.1 Å². The SMILES string of the molecule is C[C@@H](C(=O)c1ccc2c(c1)OCO2)N1CCCC1. The second-order valence-corrected chi connectivity index (χ2v) is 4.85. The van der Waals surface area contributed by atoms with E-state index in [0.29, 0.717) is 11.3 Å². The van der Waals surface area contributed by atoms with Gasteiger partial charge in [-0.05, 0) is 51.1 Å². The van der Waals surface area contributed by atoms with Crippen molar-refractivity contribution in [2.75, 3.05) is 19.9 Å². The number of Topliss-reactive ketones (excluding diaryl/α,β-unsaturated/α-hetero) is 1. The summed E-state index contributed by atoms with van der Waals surface area (Å²) in [5.74, 6) is 1.56. The van der Waals surface area contributed by atoms with Crippen LogP contribution in [-0.2, 0) is 0 Å². The summed E-state index contributed by atoms with van der Waals surface area (Å²) in [6, 6.07) is 5.37. The van der Waals surface area contributed by atoms with Crippen LogP contribution in [-0.4, -0.2) is 36.6 Å². The first-order valence-electron chi connectivity index (χ1n) is 6.43. The Morgan fingerprint density at radius 1 is 1.22 bits per heavy atom. The van der Waals surface area contributed by atoms with Gasteiger partial charge in [-0.3, -0.25) is 9.69 Å². The van der Waals surface area contributed by atoms with Gasteiger partial charge in [0.2, 0.25) is 6.79 Å². The largest absolute Gasteiger partial charge is 0.454 e. The Hall–Kier alpha value is -1.55. The zero-order chi connectivity index (χ0) is 12.5. The van der Waals surface area contributed by atoms with Gasteiger partial charge in [-0.15, -0.1) is 0 Å². The van der Waals surface area contributed by atoms with Crippen molar-refractivity contribution in [2.24, 2.45) is 0 Å². The second kappa shape index (κ2) is 4.61. The quantitative estimate of drug-likeness (QED) is 0.767. The topological polar surface area (TPSA) is 38.8 Å². The normalized spacial score (nSPS) is 20.1. The van der Waals surface area contributed by atoms with Crippen LogP contribution in [0.15, 0.2) is 18.2 Å². The van der Waals surface area contributed by atoms with Crippen molar-refractivity contribution >= 4 is 5.78 Å². The lowest BCUT2D eigenvalue weighted by Crippen LogP contribution is -2.36. The molecule has 3 rings (SSSR count). The third kappa shape index (κ3) is 1.97. The van der Waals surface area contributed by atoms with Crippen LogP contribution in [0, 0.1) is 0 Å². The third-order valence-corrected chi connectivity index (χ3v) is 3.72. The predicted molar refractivity (Wildman–Crippen MR) is 67.2 cm³/mol. The molecule has 1 atom stereocenters. The molecule has 0 saturated carbocycles. The molecule has 2 heterocycles. The molecule has 1 fully saturated rings. The molecule has 0 N–H and O–H groups in total. The summed E-state index contributed by atoms with van der Waals surface area (Å²) in [4.78, 5) is 14.6. The van der Waals surface area contributed by atoms with Crippen LogP contribution >= 0.6 is 0 Å². The molecule has 1 saturated heterocycles. The summed E-state index contributed by atoms with van der Waals surface area (Å²) in [5, 5.41) is 0. The van der Waals surface area contributed by atoms with Gasteiger partial charge in [0, 0.05) is 5.56 Å². The minimum absolute atomic E-state index is 0.0483. The van der Waals surface area contributed by atoms with Crippen LogP contribution < -0.4 is 9.47 Å². The Labute approximate surface area is 106 Å². The number of carbonyl (C=O) groups excluding carboxylic acids is 1. The number of nitrogens with zero attached hydrogens (tertiary/aromatic N) is 1. The number of hydrogen-bond acceptors (Lipinski definition) is 4. The van der Waals surface area contributed by atoms with Crippen molar-refractivity contribution < 1.29 is 14.3 Å². The Morgan fingerprint density at radius 3 is 2.72 bits per heavy atom. The Bertz CT molecular complexity index is 466. The van der Waals surface area contributed by atoms with Crippen LogP contribution in [0.3, 0.4) is 0 Å². The Balaban J connectivity index is 1.79. The zero-order valence-electron chi connectivity index (χ0n) is 10.5. The fourth-order valence-electron chi connectivity index (χ4n) is 2.59. The maximum atomic E-state index is 12.4. The molecule has 1 aromatic rings. The first kappa shape index (κ1) is 11.5. The smallest absolute Gasteiger partial charge is 0.231 e. The standard InChI is InChI=1S/C14H17NO3/c1-10(15-6-2-3-7-15)14(16)11-4-5-12-13(8-11)18-9-17-12/h4-5,8,10H,2-3,6-7,9H2,1H3/t10-/m0/s1. The average Bonchev–Trinajstić information content (AvgIpc) is 3.06. The highest BCUT2D eigenvalue weighted by Gasteiger charge is 2.26. The van der Waals surface area contributed by atoms with Gasteiger partial charge < -0.3 is 9.47 Å². The number of fused-ring (bicyclic) bond motifs is 1. The first-order valence-corrected chi connectivity index (χ1v) is 6.43. The van der Waals surface area contributed by atoms with Crippen molar-refractivity contribution in [3.63, 3.8) is 0 Å². The minimum Gasteiger partial charge on any atom is -0.454 e. The highest BCUT2D eigenvalue weighted by atomic mass is 16.7. The van der Waals surface area contributed by atoms with Crippen LogP contribution in [0.25, 0.3) is 0 Å². The van der Waals surface area contributed by atoms with Crippen molar-refractivity contribution in [3.8, 4) is 11.5 Å². The number of benzene rings is 1. The molecule has 0 unspecified atom stereocenters. The second-order valence-electron chi connectivity index (χ2n) is 4.85. The van der Waals surface area contributed by atoms with Gasteiger partial charge in [0.1, 0.15) is 0 Å². The van der Waals surface area contributed by atoms with Gasteiger partial charge in [-0.2, -0.15) is 0 Å². The number of hydrogen-bond donors (Lipinski definition) is 0. The predicted octanol–water partition coefficient (Wildman–Crippen LogP) is 2.08. The molecule has 4 nitrogen and oxygen atoms in total. The summed E-state index contributed by atoms with van der Waals surface area (Å²) < 4.78 is 10.6. The van der Waals surface area contributed by atoms with Crippen LogP contribution in [0.4, 0.5) is 0 Å². The van der Waals surface area contributed by atoms with E-state index >= 15 is 0 Å². The third-order valence-electron chi connectivity index (χ3n) is 3.72. The van der Waals surface area contributed by atoms with Crippen LogP contribution in [0.5, 0.6) is 11.5 Å². The summed E-state index contributed by atoms with van der Waals surface area (Å²) in [6.45, 7) is 4.28. The molecule has 0 aliphatic carbocycles. The van der Waals surface area contributed by atoms with Gasteiger partial charge in [0.05, 0.1) is 6.04 Å². The lowest BCUT2D eigenvalue weighted by atomic mass is 10.0. The zero-order valence-corrected chi connectivity index (χ0v) is 10.5. The monoisotopic (exact) mass is 247 g/mol. The molecule has 2 aliphatic heterocycles. The summed E-state index contributed by atoms with van der Waals surface area (Å²) in [6.07, 6.45) is 2.39. The van der Waals surface area contributed by atoms with Crippen LogP contribution in [0.2, 0.25) is 0 Å². The van der Waals surface area contributed by atoms with E-state index in [0.717, 1.165) is 18.8 Å². The molecule has 4 heteroatoms. The molecule has 0 aromatic heterocycles. The maximum Gasteiger partial charge on any atom is 0.231 e. The molecule has 0 bridgehead atoms. The molecule has 0 spiro atoms. The lowest BCUT2D eigenvalue weighted by Gasteiger charge is -2.22. The number of ketones is 1. The molecule has 0 radical (unpaired) electrons. The molecule has 1 aromatic carbocycles. The maximum absolute atomic E-state index is 12.4. The molecule has 96 valence electrons. The van der Waals surface area contributed by atoms with Crippen molar-refractivity contribution in [3.05, 3.63) is 23.8 Å². The molecule has 2 aliphatic rings. The summed E-state index contributed by atoms with van der Waals surface area (Å²) in [7, 11) is 0. The first-order chi connectivity index (χ1) is 8.75. The van der Waals surface area contributed by atoms with E-state index in [1.54, 1.807) is 6.07 Å². The highest BCUT2D eigenvalue weighted by Crippen LogP contribution is 2.33.